The van der Waals surface area contributed by atoms with E-state index in [0.29, 0.717) is 0 Å². The van der Waals surface area contributed by atoms with Crippen molar-refractivity contribution in [2.45, 2.75) is 0 Å². The fraction of sp³-hybridized carbons (Fsp3) is 0. The van der Waals surface area contributed by atoms with Gasteiger partial charge in [0.05, 0.1) is 9.50 Å². The molecule has 88 valence electrons. The number of carbonyl (C=O) groups is 1. The predicted octanol–water partition coefficient (Wildman–Crippen LogP) is 3.59. The second kappa shape index (κ2) is 4.46. The Morgan fingerprint density at radius 3 is 2.82 bits per heavy atom. The molecule has 0 aliphatic rings. The molecular formula is C10H4BrClFNO3. The summed E-state index contributed by atoms with van der Waals surface area (Å²) in [5.74, 6) is -2.22. The van der Waals surface area contributed by atoms with Crippen LogP contribution in [0.25, 0.3) is 11.3 Å². The van der Waals surface area contributed by atoms with Crippen molar-refractivity contribution in [2.75, 3.05) is 0 Å². The quantitative estimate of drug-likeness (QED) is 0.859. The second-order valence-corrected chi connectivity index (χ2v) is 4.34. The molecule has 0 saturated carbocycles. The zero-order chi connectivity index (χ0) is 12.6. The highest BCUT2D eigenvalue weighted by Crippen LogP contribution is 2.33. The zero-order valence-electron chi connectivity index (χ0n) is 8.08. The van der Waals surface area contributed by atoms with Crippen molar-refractivity contribution in [3.8, 4) is 11.3 Å². The number of carboxylic acids is 1. The number of carboxylic acid groups (broad SMARTS) is 1. The van der Waals surface area contributed by atoms with Gasteiger partial charge in [0.15, 0.2) is 5.82 Å². The number of aromatic carboxylic acids is 1. The third kappa shape index (κ3) is 2.18. The van der Waals surface area contributed by atoms with Gasteiger partial charge in [-0.3, -0.25) is 0 Å². The summed E-state index contributed by atoms with van der Waals surface area (Å²) in [6, 6.07) is 4.14. The Balaban J connectivity index is 2.53. The molecule has 4 nitrogen and oxygen atoms in total. The Morgan fingerprint density at radius 1 is 1.53 bits per heavy atom. The highest BCUT2D eigenvalue weighted by molar-refractivity contribution is 9.10. The molecule has 1 heterocycles. The monoisotopic (exact) mass is 319 g/mol. The van der Waals surface area contributed by atoms with Crippen LogP contribution in [-0.2, 0) is 0 Å². The predicted molar refractivity (Wildman–Crippen MR) is 61.6 cm³/mol. The van der Waals surface area contributed by atoms with Crippen LogP contribution in [0.5, 0.6) is 0 Å². The Bertz CT molecular complexity index is 599. The van der Waals surface area contributed by atoms with E-state index in [2.05, 4.69) is 25.6 Å². The van der Waals surface area contributed by atoms with Crippen molar-refractivity contribution >= 4 is 33.5 Å². The molecule has 0 radical (unpaired) electrons. The first-order valence-electron chi connectivity index (χ1n) is 4.34. The molecule has 1 N–H and O–H groups in total. The first-order chi connectivity index (χ1) is 8.00. The van der Waals surface area contributed by atoms with Gasteiger partial charge in [-0.1, -0.05) is 16.8 Å². The van der Waals surface area contributed by atoms with Gasteiger partial charge in [-0.25, -0.2) is 9.18 Å². The van der Waals surface area contributed by atoms with E-state index in [0.717, 1.165) is 0 Å². The van der Waals surface area contributed by atoms with E-state index in [4.69, 9.17) is 16.7 Å². The maximum absolute atomic E-state index is 13.5. The lowest BCUT2D eigenvalue weighted by Gasteiger charge is -2.02. The number of benzene rings is 1. The summed E-state index contributed by atoms with van der Waals surface area (Å²) in [4.78, 5) is 10.6. The Labute approximate surface area is 108 Å². The average molecular weight is 321 g/mol. The normalized spacial score (nSPS) is 10.5. The van der Waals surface area contributed by atoms with E-state index in [-0.39, 0.29) is 26.5 Å². The molecule has 0 fully saturated rings. The summed E-state index contributed by atoms with van der Waals surface area (Å²) in [5.41, 5.74) is 0.433. The van der Waals surface area contributed by atoms with Crippen LogP contribution in [0.2, 0.25) is 5.02 Å². The molecule has 0 unspecified atom stereocenters. The topological polar surface area (TPSA) is 63.3 Å². The lowest BCUT2D eigenvalue weighted by molar-refractivity contribution is 0.0652. The van der Waals surface area contributed by atoms with Gasteiger partial charge in [0.1, 0.15) is 5.69 Å². The third-order valence-corrected chi connectivity index (χ3v) is 3.01. The summed E-state index contributed by atoms with van der Waals surface area (Å²) < 4.78 is 18.3. The van der Waals surface area contributed by atoms with Gasteiger partial charge in [0.25, 0.3) is 0 Å². The minimum atomic E-state index is -1.25. The average Bonchev–Trinajstić information content (AvgIpc) is 2.75. The molecule has 7 heteroatoms. The van der Waals surface area contributed by atoms with Crippen LogP contribution < -0.4 is 0 Å². The van der Waals surface area contributed by atoms with Crippen molar-refractivity contribution in [3.05, 3.63) is 39.3 Å². The maximum Gasteiger partial charge on any atom is 0.374 e. The number of aromatic nitrogens is 1. The molecule has 0 aliphatic heterocycles. The van der Waals surface area contributed by atoms with E-state index in [1.807, 2.05) is 0 Å². The van der Waals surface area contributed by atoms with Crippen LogP contribution in [0.4, 0.5) is 4.39 Å². The van der Waals surface area contributed by atoms with Crippen LogP contribution >= 0.6 is 27.5 Å². The van der Waals surface area contributed by atoms with E-state index in [9.17, 15) is 9.18 Å². The van der Waals surface area contributed by atoms with Crippen molar-refractivity contribution in [2.24, 2.45) is 0 Å². The van der Waals surface area contributed by atoms with Crippen LogP contribution in [0.15, 0.2) is 27.2 Å². The van der Waals surface area contributed by atoms with E-state index < -0.39 is 11.8 Å². The summed E-state index contributed by atoms with van der Waals surface area (Å²) in [6.07, 6.45) is 0. The summed E-state index contributed by atoms with van der Waals surface area (Å²) in [6.45, 7) is 0. The first-order valence-corrected chi connectivity index (χ1v) is 5.51. The Kier molecular flexibility index (Phi) is 3.17. The Morgan fingerprint density at radius 2 is 2.24 bits per heavy atom. The third-order valence-electron chi connectivity index (χ3n) is 2.03. The summed E-state index contributed by atoms with van der Waals surface area (Å²) >= 11 is 8.77. The van der Waals surface area contributed by atoms with Crippen molar-refractivity contribution in [1.29, 1.82) is 0 Å². The molecule has 0 saturated heterocycles. The molecule has 2 aromatic rings. The fourth-order valence-electron chi connectivity index (χ4n) is 1.23. The van der Waals surface area contributed by atoms with Gasteiger partial charge in [-0.15, -0.1) is 0 Å². The fourth-order valence-corrected chi connectivity index (χ4v) is 1.93. The molecule has 0 aliphatic carbocycles. The largest absolute Gasteiger partial charge is 0.475 e. The molecule has 0 atom stereocenters. The summed E-state index contributed by atoms with van der Waals surface area (Å²) in [5, 5.41) is 12.0. The van der Waals surface area contributed by atoms with Crippen molar-refractivity contribution < 1.29 is 18.8 Å². The number of halogens is 3. The minimum Gasteiger partial charge on any atom is -0.475 e. The lowest BCUT2D eigenvalue weighted by atomic mass is 10.1. The van der Waals surface area contributed by atoms with E-state index >= 15 is 0 Å². The maximum atomic E-state index is 13.5. The molecular weight excluding hydrogens is 316 g/mol. The molecule has 1 aromatic heterocycles. The van der Waals surface area contributed by atoms with Gasteiger partial charge in [0.2, 0.25) is 5.76 Å². The molecule has 2 rings (SSSR count). The zero-order valence-corrected chi connectivity index (χ0v) is 10.4. The minimum absolute atomic E-state index is 0.149. The number of nitrogens with zero attached hydrogens (tertiary/aromatic N) is 1. The number of hydrogen-bond donors (Lipinski definition) is 1. The van der Waals surface area contributed by atoms with Gasteiger partial charge in [-0.2, -0.15) is 0 Å². The van der Waals surface area contributed by atoms with Crippen molar-refractivity contribution in [3.63, 3.8) is 0 Å². The Hall–Kier alpha value is -1.40. The summed E-state index contributed by atoms with van der Waals surface area (Å²) in [7, 11) is 0. The molecule has 0 spiro atoms. The van der Waals surface area contributed by atoms with Crippen molar-refractivity contribution in [1.82, 2.24) is 5.16 Å². The second-order valence-electron chi connectivity index (χ2n) is 3.10. The number of rotatable bonds is 2. The molecule has 0 bridgehead atoms. The van der Waals surface area contributed by atoms with Crippen LogP contribution in [0.3, 0.4) is 0 Å². The highest BCUT2D eigenvalue weighted by Gasteiger charge is 2.17. The van der Waals surface area contributed by atoms with Gasteiger partial charge >= 0.3 is 5.97 Å². The highest BCUT2D eigenvalue weighted by atomic mass is 79.9. The van der Waals surface area contributed by atoms with E-state index in [1.165, 1.54) is 18.2 Å². The van der Waals surface area contributed by atoms with Gasteiger partial charge in [0, 0.05) is 11.6 Å². The molecule has 0 amide bonds. The lowest BCUT2D eigenvalue weighted by Crippen LogP contribution is -1.91. The number of hydrogen-bond acceptors (Lipinski definition) is 3. The first kappa shape index (κ1) is 12.1. The molecule has 17 heavy (non-hydrogen) atoms. The smallest absolute Gasteiger partial charge is 0.374 e. The van der Waals surface area contributed by atoms with Crippen LogP contribution in [0.1, 0.15) is 10.6 Å². The van der Waals surface area contributed by atoms with Gasteiger partial charge in [-0.05, 0) is 28.1 Å². The van der Waals surface area contributed by atoms with E-state index in [1.54, 1.807) is 0 Å². The van der Waals surface area contributed by atoms with Crippen LogP contribution in [0, 0.1) is 5.82 Å². The SMILES string of the molecule is O=C(O)c1cc(-c2ccc(Br)c(F)c2Cl)no1. The standard InChI is InChI=1S/C10H4BrClFNO3/c11-5-2-1-4(8(12)9(5)13)6-3-7(10(15)16)17-14-6/h1-3H,(H,15,16). The molecule has 1 aromatic carbocycles. The van der Waals surface area contributed by atoms with Gasteiger partial charge < -0.3 is 9.63 Å². The van der Waals surface area contributed by atoms with Crippen LogP contribution in [-0.4, -0.2) is 16.2 Å².